The Kier molecular flexibility index (Phi) is 3.17. The van der Waals surface area contributed by atoms with Gasteiger partial charge in [-0.05, 0) is 12.1 Å². The summed E-state index contributed by atoms with van der Waals surface area (Å²) < 4.78 is 18.7. The average molecular weight is 250 g/mol. The molecule has 17 heavy (non-hydrogen) atoms. The van der Waals surface area contributed by atoms with Crippen molar-refractivity contribution in [2.24, 2.45) is 0 Å². The summed E-state index contributed by atoms with van der Waals surface area (Å²) in [5, 5.41) is 8.70. The Bertz CT molecular complexity index is 598. The fraction of sp³-hybridized carbons (Fsp3) is 0. The van der Waals surface area contributed by atoms with E-state index in [4.69, 9.17) is 21.6 Å². The molecule has 0 aliphatic rings. The van der Waals surface area contributed by atoms with Crippen LogP contribution in [0.4, 0.5) is 4.39 Å². The molecule has 84 valence electrons. The van der Waals surface area contributed by atoms with Crippen molar-refractivity contribution in [3.63, 3.8) is 0 Å². The molecule has 6 heteroatoms. The summed E-state index contributed by atoms with van der Waals surface area (Å²) in [6.45, 7) is 0. The van der Waals surface area contributed by atoms with Gasteiger partial charge in [-0.15, -0.1) is 0 Å². The van der Waals surface area contributed by atoms with Crippen LogP contribution in [0.3, 0.4) is 0 Å². The first-order valence-electron chi connectivity index (χ1n) is 4.55. The standard InChI is InChI=1S/C11H5ClFN3O/c12-7-2-1-3-9(10(7)13)17-11-8(6-14)15-4-5-16-11/h1-5H. The molecular weight excluding hydrogens is 245 g/mol. The molecule has 0 saturated heterocycles. The number of ether oxygens (including phenoxy) is 1. The monoisotopic (exact) mass is 249 g/mol. The highest BCUT2D eigenvalue weighted by Crippen LogP contribution is 2.28. The van der Waals surface area contributed by atoms with E-state index in [2.05, 4.69) is 9.97 Å². The van der Waals surface area contributed by atoms with E-state index in [1.807, 2.05) is 0 Å². The highest BCUT2D eigenvalue weighted by atomic mass is 35.5. The normalized spacial score (nSPS) is 9.71. The van der Waals surface area contributed by atoms with Crippen LogP contribution in [0.5, 0.6) is 11.6 Å². The molecule has 0 aliphatic carbocycles. The van der Waals surface area contributed by atoms with Gasteiger partial charge in [0.1, 0.15) is 6.07 Å². The van der Waals surface area contributed by atoms with Gasteiger partial charge in [0.05, 0.1) is 5.02 Å². The number of nitrogens with zero attached hydrogens (tertiary/aromatic N) is 3. The minimum Gasteiger partial charge on any atom is -0.433 e. The van der Waals surface area contributed by atoms with Crippen LogP contribution < -0.4 is 4.74 Å². The highest BCUT2D eigenvalue weighted by molar-refractivity contribution is 6.30. The lowest BCUT2D eigenvalue weighted by Crippen LogP contribution is -1.95. The lowest BCUT2D eigenvalue weighted by atomic mass is 10.3. The molecule has 0 N–H and O–H groups in total. The Morgan fingerprint density at radius 2 is 2.06 bits per heavy atom. The van der Waals surface area contributed by atoms with Crippen molar-refractivity contribution >= 4 is 11.6 Å². The Morgan fingerprint density at radius 1 is 1.29 bits per heavy atom. The molecule has 0 atom stereocenters. The molecule has 0 fully saturated rings. The minimum atomic E-state index is -0.705. The Morgan fingerprint density at radius 3 is 2.82 bits per heavy atom. The van der Waals surface area contributed by atoms with Crippen LogP contribution in [-0.2, 0) is 0 Å². The second-order valence-corrected chi connectivity index (χ2v) is 3.38. The smallest absolute Gasteiger partial charge is 0.256 e. The zero-order valence-electron chi connectivity index (χ0n) is 8.39. The van der Waals surface area contributed by atoms with E-state index in [0.717, 1.165) is 0 Å². The summed E-state index contributed by atoms with van der Waals surface area (Å²) in [4.78, 5) is 7.54. The zero-order valence-corrected chi connectivity index (χ0v) is 9.15. The van der Waals surface area contributed by atoms with E-state index >= 15 is 0 Å². The van der Waals surface area contributed by atoms with E-state index < -0.39 is 5.82 Å². The fourth-order valence-electron chi connectivity index (χ4n) is 1.14. The molecule has 0 radical (unpaired) electrons. The number of hydrogen-bond acceptors (Lipinski definition) is 4. The number of rotatable bonds is 2. The van der Waals surface area contributed by atoms with Crippen molar-refractivity contribution in [1.82, 2.24) is 9.97 Å². The van der Waals surface area contributed by atoms with Gasteiger partial charge in [0.15, 0.2) is 11.6 Å². The van der Waals surface area contributed by atoms with Gasteiger partial charge in [-0.25, -0.2) is 14.4 Å². The molecule has 0 amide bonds. The van der Waals surface area contributed by atoms with Crippen LogP contribution >= 0.6 is 11.6 Å². The quantitative estimate of drug-likeness (QED) is 0.821. The molecule has 0 bridgehead atoms. The van der Waals surface area contributed by atoms with Crippen LogP contribution in [0.25, 0.3) is 0 Å². The van der Waals surface area contributed by atoms with Gasteiger partial charge < -0.3 is 4.74 Å². The van der Waals surface area contributed by atoms with E-state index in [1.54, 1.807) is 6.07 Å². The molecule has 1 aromatic carbocycles. The molecule has 0 unspecified atom stereocenters. The number of halogens is 2. The highest BCUT2D eigenvalue weighted by Gasteiger charge is 2.12. The van der Waals surface area contributed by atoms with Crippen molar-refractivity contribution < 1.29 is 9.13 Å². The third-order valence-electron chi connectivity index (χ3n) is 1.89. The predicted molar refractivity (Wildman–Crippen MR) is 58.2 cm³/mol. The Hall–Kier alpha value is -2.19. The molecule has 2 rings (SSSR count). The van der Waals surface area contributed by atoms with Gasteiger partial charge in [-0.1, -0.05) is 17.7 Å². The maximum atomic E-state index is 13.5. The van der Waals surface area contributed by atoms with Crippen LogP contribution in [0.15, 0.2) is 30.6 Å². The summed E-state index contributed by atoms with van der Waals surface area (Å²) in [6.07, 6.45) is 2.69. The topological polar surface area (TPSA) is 58.8 Å². The summed E-state index contributed by atoms with van der Waals surface area (Å²) >= 11 is 5.60. The number of nitriles is 1. The van der Waals surface area contributed by atoms with Gasteiger partial charge in [-0.2, -0.15) is 5.26 Å². The minimum absolute atomic E-state index is 0.0214. The summed E-state index contributed by atoms with van der Waals surface area (Å²) in [5.41, 5.74) is -0.0214. The largest absolute Gasteiger partial charge is 0.433 e. The van der Waals surface area contributed by atoms with Gasteiger partial charge in [-0.3, -0.25) is 0 Å². The van der Waals surface area contributed by atoms with Crippen molar-refractivity contribution in [2.75, 3.05) is 0 Å². The van der Waals surface area contributed by atoms with E-state index in [1.165, 1.54) is 30.6 Å². The Balaban J connectivity index is 2.39. The molecule has 0 aliphatic heterocycles. The van der Waals surface area contributed by atoms with Crippen molar-refractivity contribution in [2.45, 2.75) is 0 Å². The molecule has 0 spiro atoms. The van der Waals surface area contributed by atoms with Gasteiger partial charge >= 0.3 is 0 Å². The molecule has 1 heterocycles. The van der Waals surface area contributed by atoms with Crippen LogP contribution in [0.2, 0.25) is 5.02 Å². The maximum Gasteiger partial charge on any atom is 0.256 e. The second-order valence-electron chi connectivity index (χ2n) is 2.98. The fourth-order valence-corrected chi connectivity index (χ4v) is 1.31. The van der Waals surface area contributed by atoms with E-state index in [0.29, 0.717) is 0 Å². The average Bonchev–Trinajstić information content (AvgIpc) is 2.35. The van der Waals surface area contributed by atoms with Crippen LogP contribution in [0, 0.1) is 17.1 Å². The van der Waals surface area contributed by atoms with Gasteiger partial charge in [0.2, 0.25) is 5.69 Å². The zero-order chi connectivity index (χ0) is 12.3. The van der Waals surface area contributed by atoms with Crippen LogP contribution in [0.1, 0.15) is 5.69 Å². The first-order chi connectivity index (χ1) is 8.22. The van der Waals surface area contributed by atoms with Gasteiger partial charge in [0.25, 0.3) is 5.88 Å². The SMILES string of the molecule is N#Cc1nccnc1Oc1cccc(Cl)c1F. The van der Waals surface area contributed by atoms with Gasteiger partial charge in [0, 0.05) is 12.4 Å². The number of benzene rings is 1. The molecule has 0 saturated carbocycles. The molecule has 4 nitrogen and oxygen atoms in total. The second kappa shape index (κ2) is 4.76. The summed E-state index contributed by atoms with van der Waals surface area (Å²) in [6, 6.07) is 6.11. The first-order valence-corrected chi connectivity index (χ1v) is 4.93. The molecule has 1 aromatic heterocycles. The summed E-state index contributed by atoms with van der Waals surface area (Å²) in [7, 11) is 0. The molecule has 2 aromatic rings. The Labute approximate surface area is 101 Å². The van der Waals surface area contributed by atoms with Crippen molar-refractivity contribution in [3.05, 3.63) is 47.1 Å². The summed E-state index contributed by atoms with van der Waals surface area (Å²) in [5.74, 6) is -0.866. The lowest BCUT2D eigenvalue weighted by molar-refractivity contribution is 0.424. The third-order valence-corrected chi connectivity index (χ3v) is 2.19. The lowest BCUT2D eigenvalue weighted by Gasteiger charge is -2.06. The third kappa shape index (κ3) is 2.32. The van der Waals surface area contributed by atoms with Crippen molar-refractivity contribution in [3.8, 4) is 17.7 Å². The molecular formula is C11H5ClFN3O. The van der Waals surface area contributed by atoms with Crippen molar-refractivity contribution in [1.29, 1.82) is 5.26 Å². The maximum absolute atomic E-state index is 13.5. The van der Waals surface area contributed by atoms with E-state index in [-0.39, 0.29) is 22.3 Å². The van der Waals surface area contributed by atoms with E-state index in [9.17, 15) is 4.39 Å². The first kappa shape index (κ1) is 11.3. The van der Waals surface area contributed by atoms with Crippen LogP contribution in [-0.4, -0.2) is 9.97 Å². The number of hydrogen-bond donors (Lipinski definition) is 0. The predicted octanol–water partition coefficient (Wildman–Crippen LogP) is 2.93. The number of aromatic nitrogens is 2.